The lowest BCUT2D eigenvalue weighted by Gasteiger charge is -2.13. The lowest BCUT2D eigenvalue weighted by Crippen LogP contribution is -1.85. The Bertz CT molecular complexity index is 1680. The van der Waals surface area contributed by atoms with Crippen LogP contribution in [-0.2, 0) is 0 Å². The second-order valence-corrected chi connectivity index (χ2v) is 8.97. The molecule has 158 valence electrons. The molecule has 0 radical (unpaired) electrons. The van der Waals surface area contributed by atoms with E-state index in [2.05, 4.69) is 133 Å². The fraction of sp³-hybridized carbons (Fsp3) is 0. The van der Waals surface area contributed by atoms with Gasteiger partial charge in [0.2, 0.25) is 0 Å². The molecule has 0 aliphatic heterocycles. The van der Waals surface area contributed by atoms with Crippen molar-refractivity contribution in [3.05, 3.63) is 133 Å². The number of rotatable bonds is 0. The van der Waals surface area contributed by atoms with Crippen molar-refractivity contribution in [2.75, 3.05) is 0 Å². The number of hydrogen-bond acceptors (Lipinski definition) is 0. The van der Waals surface area contributed by atoms with Gasteiger partial charge < -0.3 is 0 Å². The quantitative estimate of drug-likeness (QED) is 0.166. The van der Waals surface area contributed by atoms with Crippen molar-refractivity contribution in [1.29, 1.82) is 0 Å². The second-order valence-electron chi connectivity index (χ2n) is 8.97. The highest BCUT2D eigenvalue weighted by Gasteiger charge is 2.11. The Labute approximate surface area is 198 Å². The molecule has 0 saturated carbocycles. The van der Waals surface area contributed by atoms with Crippen LogP contribution in [0.3, 0.4) is 0 Å². The van der Waals surface area contributed by atoms with Gasteiger partial charge in [0.15, 0.2) is 0 Å². The summed E-state index contributed by atoms with van der Waals surface area (Å²) >= 11 is 0. The van der Waals surface area contributed by atoms with Crippen molar-refractivity contribution in [3.8, 4) is 0 Å². The average Bonchev–Trinajstić information content (AvgIpc) is 2.90. The molecule has 0 saturated heterocycles. The van der Waals surface area contributed by atoms with E-state index in [9.17, 15) is 0 Å². The van der Waals surface area contributed by atoms with Gasteiger partial charge in [0.25, 0.3) is 0 Å². The van der Waals surface area contributed by atoms with Crippen LogP contribution in [0, 0.1) is 0 Å². The van der Waals surface area contributed by atoms with Crippen LogP contribution in [0.2, 0.25) is 0 Å². The first-order valence-electron chi connectivity index (χ1n) is 11.8. The van der Waals surface area contributed by atoms with E-state index < -0.39 is 0 Å². The van der Waals surface area contributed by atoms with E-state index in [1.165, 1.54) is 64.6 Å². The Hall–Kier alpha value is -4.42. The Morgan fingerprint density at radius 1 is 0.235 bits per heavy atom. The molecule has 0 bridgehead atoms. The summed E-state index contributed by atoms with van der Waals surface area (Å²) in [5.41, 5.74) is 0. The van der Waals surface area contributed by atoms with Gasteiger partial charge in [-0.3, -0.25) is 0 Å². The molecule has 8 rings (SSSR count). The zero-order valence-corrected chi connectivity index (χ0v) is 18.7. The Morgan fingerprint density at radius 3 is 0.794 bits per heavy atom. The fourth-order valence-corrected chi connectivity index (χ4v) is 5.46. The van der Waals surface area contributed by atoms with Gasteiger partial charge in [-0.2, -0.15) is 0 Å². The molecule has 0 aliphatic carbocycles. The summed E-state index contributed by atoms with van der Waals surface area (Å²) in [6.07, 6.45) is 0. The van der Waals surface area contributed by atoms with E-state index in [0.29, 0.717) is 0 Å². The minimum Gasteiger partial charge on any atom is -0.0616 e. The maximum absolute atomic E-state index is 2.25. The molecule has 34 heavy (non-hydrogen) atoms. The van der Waals surface area contributed by atoms with Crippen LogP contribution in [0.25, 0.3) is 64.6 Å². The van der Waals surface area contributed by atoms with Crippen molar-refractivity contribution in [3.63, 3.8) is 0 Å². The molecular weight excluding hydrogens is 408 g/mol. The first kappa shape index (κ1) is 19.1. The molecular formula is C34H22. The molecule has 0 amide bonds. The second kappa shape index (κ2) is 7.57. The summed E-state index contributed by atoms with van der Waals surface area (Å²) in [6, 6.07) is 47.9. The summed E-state index contributed by atoms with van der Waals surface area (Å²) in [5.74, 6) is 0. The van der Waals surface area contributed by atoms with Gasteiger partial charge in [-0.15, -0.1) is 0 Å². The van der Waals surface area contributed by atoms with E-state index in [1.807, 2.05) is 0 Å². The Kier molecular flexibility index (Phi) is 4.25. The molecule has 0 heterocycles. The minimum absolute atomic E-state index is 1.31. The molecule has 0 aliphatic rings. The van der Waals surface area contributed by atoms with E-state index in [4.69, 9.17) is 0 Å². The Balaban J connectivity index is 0.000000126. The highest BCUT2D eigenvalue weighted by Crippen LogP contribution is 2.39. The van der Waals surface area contributed by atoms with Crippen molar-refractivity contribution >= 4 is 64.6 Å². The molecule has 8 aromatic rings. The lowest BCUT2D eigenvalue weighted by molar-refractivity contribution is 1.76. The molecule has 0 N–H and O–H groups in total. The molecule has 0 fully saturated rings. The van der Waals surface area contributed by atoms with E-state index in [-0.39, 0.29) is 0 Å². The summed E-state index contributed by atoms with van der Waals surface area (Å²) < 4.78 is 0. The van der Waals surface area contributed by atoms with Crippen LogP contribution in [0.1, 0.15) is 0 Å². The van der Waals surface area contributed by atoms with Crippen molar-refractivity contribution in [2.45, 2.75) is 0 Å². The zero-order valence-electron chi connectivity index (χ0n) is 18.7. The normalized spacial score (nSPS) is 11.5. The minimum atomic E-state index is 1.31. The van der Waals surface area contributed by atoms with E-state index in [1.54, 1.807) is 0 Å². The predicted octanol–water partition coefficient (Wildman–Crippen LogP) is 9.73. The molecule has 8 aromatic carbocycles. The number of fused-ring (bicyclic) bond motifs is 4. The molecule has 0 spiro atoms. The van der Waals surface area contributed by atoms with Crippen molar-refractivity contribution in [2.24, 2.45) is 0 Å². The third-order valence-corrected chi connectivity index (χ3v) is 7.00. The van der Waals surface area contributed by atoms with Crippen LogP contribution < -0.4 is 0 Å². The number of benzene rings is 8. The van der Waals surface area contributed by atoms with Gasteiger partial charge in [-0.25, -0.2) is 0 Å². The SMILES string of the molecule is c1cc2cccc3c4cccc5cccc(c(c1)c23)c54.c1ccc2cc3ccccc3cc2c1. The predicted molar refractivity (Wildman–Crippen MR) is 149 cm³/mol. The van der Waals surface area contributed by atoms with Gasteiger partial charge in [-0.05, 0) is 76.8 Å². The van der Waals surface area contributed by atoms with Crippen molar-refractivity contribution in [1.82, 2.24) is 0 Å². The lowest BCUT2D eigenvalue weighted by atomic mass is 9.90. The van der Waals surface area contributed by atoms with Crippen LogP contribution in [0.4, 0.5) is 0 Å². The maximum Gasteiger partial charge on any atom is -0.00264 e. The standard InChI is InChI=1S/C20H12.C14H10/c1-5-13-6-2-11-17-18-12-4-8-14-7-3-10-16(20(14)18)15(9-1)19(13)17;1-2-6-12-10-14-8-4-3-7-13(14)9-11(12)5-1/h1-12H;1-10H. The number of hydrogen-bond donors (Lipinski definition) is 0. The van der Waals surface area contributed by atoms with Gasteiger partial charge in [0, 0.05) is 0 Å². The van der Waals surface area contributed by atoms with Crippen molar-refractivity contribution < 1.29 is 0 Å². The van der Waals surface area contributed by atoms with Crippen LogP contribution in [-0.4, -0.2) is 0 Å². The summed E-state index contributed by atoms with van der Waals surface area (Å²) in [5, 5.41) is 16.1. The maximum atomic E-state index is 2.25. The average molecular weight is 431 g/mol. The van der Waals surface area contributed by atoms with Crippen LogP contribution >= 0.6 is 0 Å². The molecule has 0 unspecified atom stereocenters. The first-order chi connectivity index (χ1) is 16.9. The fourth-order valence-electron chi connectivity index (χ4n) is 5.46. The molecule has 0 nitrogen and oxygen atoms in total. The van der Waals surface area contributed by atoms with E-state index >= 15 is 0 Å². The summed E-state index contributed by atoms with van der Waals surface area (Å²) in [4.78, 5) is 0. The third-order valence-electron chi connectivity index (χ3n) is 7.00. The van der Waals surface area contributed by atoms with Gasteiger partial charge >= 0.3 is 0 Å². The molecule has 0 heteroatoms. The topological polar surface area (TPSA) is 0 Å². The largest absolute Gasteiger partial charge is 0.0616 e. The van der Waals surface area contributed by atoms with Gasteiger partial charge in [0.1, 0.15) is 0 Å². The Morgan fingerprint density at radius 2 is 0.500 bits per heavy atom. The highest BCUT2D eigenvalue weighted by atomic mass is 14.1. The molecule has 0 aromatic heterocycles. The van der Waals surface area contributed by atoms with Gasteiger partial charge in [0.05, 0.1) is 0 Å². The van der Waals surface area contributed by atoms with Gasteiger partial charge in [-0.1, -0.05) is 121 Å². The summed E-state index contributed by atoms with van der Waals surface area (Å²) in [6.45, 7) is 0. The van der Waals surface area contributed by atoms with Crippen LogP contribution in [0.15, 0.2) is 133 Å². The van der Waals surface area contributed by atoms with E-state index in [0.717, 1.165) is 0 Å². The zero-order chi connectivity index (χ0) is 22.5. The smallest absolute Gasteiger partial charge is 0.00264 e. The first-order valence-corrected chi connectivity index (χ1v) is 11.8. The summed E-state index contributed by atoms with van der Waals surface area (Å²) in [7, 11) is 0. The van der Waals surface area contributed by atoms with Crippen LogP contribution in [0.5, 0.6) is 0 Å². The highest BCUT2D eigenvalue weighted by molar-refractivity contribution is 6.32. The third kappa shape index (κ3) is 2.93. The monoisotopic (exact) mass is 430 g/mol. The molecule has 0 atom stereocenters.